The Morgan fingerprint density at radius 2 is 1.88 bits per heavy atom. The SMILES string of the molecule is OCCCCONCC(F)(F)OCCCF. The number of nitrogens with one attached hydrogen (secondary N) is 1. The average molecular weight is 245 g/mol. The van der Waals surface area contributed by atoms with Crippen molar-refractivity contribution in [1.29, 1.82) is 0 Å². The molecular weight excluding hydrogens is 227 g/mol. The van der Waals surface area contributed by atoms with Crippen LogP contribution >= 0.6 is 0 Å². The van der Waals surface area contributed by atoms with Crippen molar-refractivity contribution in [3.63, 3.8) is 0 Å². The van der Waals surface area contributed by atoms with E-state index in [9.17, 15) is 13.2 Å². The summed E-state index contributed by atoms with van der Waals surface area (Å²) in [7, 11) is 0. The highest BCUT2D eigenvalue weighted by molar-refractivity contribution is 4.53. The zero-order valence-electron chi connectivity index (χ0n) is 9.05. The third-order valence-electron chi connectivity index (χ3n) is 1.63. The van der Waals surface area contributed by atoms with Gasteiger partial charge in [-0.1, -0.05) is 0 Å². The van der Waals surface area contributed by atoms with Gasteiger partial charge < -0.3 is 14.7 Å². The first-order chi connectivity index (χ1) is 7.62. The summed E-state index contributed by atoms with van der Waals surface area (Å²) in [5.74, 6) is 0. The normalized spacial score (nSPS) is 12.0. The van der Waals surface area contributed by atoms with E-state index < -0.39 is 19.3 Å². The standard InChI is InChI=1S/C9H18F3NO3/c10-4-3-6-15-9(11,12)8-13-16-7-2-1-5-14/h13-14H,1-8H2. The summed E-state index contributed by atoms with van der Waals surface area (Å²) in [6.07, 6.45) is -2.26. The van der Waals surface area contributed by atoms with E-state index >= 15 is 0 Å². The fourth-order valence-corrected chi connectivity index (χ4v) is 0.820. The lowest BCUT2D eigenvalue weighted by molar-refractivity contribution is -0.246. The van der Waals surface area contributed by atoms with E-state index in [-0.39, 0.29) is 26.2 Å². The topological polar surface area (TPSA) is 50.7 Å². The molecule has 16 heavy (non-hydrogen) atoms. The van der Waals surface area contributed by atoms with Crippen LogP contribution in [0.5, 0.6) is 0 Å². The molecule has 4 nitrogen and oxygen atoms in total. The molecule has 0 aliphatic heterocycles. The molecule has 0 unspecified atom stereocenters. The first-order valence-electron chi connectivity index (χ1n) is 5.15. The Hall–Kier alpha value is -0.370. The fraction of sp³-hybridized carbons (Fsp3) is 1.00. The Morgan fingerprint density at radius 1 is 1.12 bits per heavy atom. The maximum absolute atomic E-state index is 12.8. The molecule has 0 saturated heterocycles. The molecular formula is C9H18F3NO3. The van der Waals surface area contributed by atoms with Gasteiger partial charge in [-0.25, -0.2) is 0 Å². The zero-order chi connectivity index (χ0) is 12.3. The van der Waals surface area contributed by atoms with E-state index in [4.69, 9.17) is 5.11 Å². The lowest BCUT2D eigenvalue weighted by Gasteiger charge is -2.16. The first-order valence-corrected chi connectivity index (χ1v) is 5.15. The quantitative estimate of drug-likeness (QED) is 0.425. The van der Waals surface area contributed by atoms with Crippen molar-refractivity contribution < 1.29 is 27.9 Å². The second-order valence-electron chi connectivity index (χ2n) is 3.13. The second-order valence-corrected chi connectivity index (χ2v) is 3.13. The maximum Gasteiger partial charge on any atom is 0.370 e. The highest BCUT2D eigenvalue weighted by Gasteiger charge is 2.29. The van der Waals surface area contributed by atoms with Crippen LogP contribution in [0, 0.1) is 0 Å². The molecule has 0 heterocycles. The minimum absolute atomic E-state index is 0.0475. The minimum atomic E-state index is -3.36. The van der Waals surface area contributed by atoms with Crippen molar-refractivity contribution in [1.82, 2.24) is 5.48 Å². The van der Waals surface area contributed by atoms with E-state index in [2.05, 4.69) is 15.1 Å². The van der Waals surface area contributed by atoms with E-state index in [1.807, 2.05) is 0 Å². The molecule has 0 fully saturated rings. The number of ether oxygens (including phenoxy) is 1. The predicted molar refractivity (Wildman–Crippen MR) is 51.8 cm³/mol. The monoisotopic (exact) mass is 245 g/mol. The van der Waals surface area contributed by atoms with Crippen molar-refractivity contribution in [2.45, 2.75) is 25.4 Å². The molecule has 0 rings (SSSR count). The van der Waals surface area contributed by atoms with Crippen LogP contribution in [0.2, 0.25) is 0 Å². The van der Waals surface area contributed by atoms with Crippen LogP contribution in [0.3, 0.4) is 0 Å². The zero-order valence-corrected chi connectivity index (χ0v) is 9.05. The van der Waals surface area contributed by atoms with Crippen molar-refractivity contribution in [2.75, 3.05) is 33.0 Å². The number of hydrogen-bond donors (Lipinski definition) is 2. The van der Waals surface area contributed by atoms with Crippen LogP contribution in [-0.4, -0.2) is 44.3 Å². The van der Waals surface area contributed by atoms with Gasteiger partial charge in [0.1, 0.15) is 6.54 Å². The number of alkyl halides is 3. The number of unbranched alkanes of at least 4 members (excludes halogenated alkanes) is 1. The lowest BCUT2D eigenvalue weighted by Crippen LogP contribution is -2.35. The summed E-state index contributed by atoms with van der Waals surface area (Å²) in [5.41, 5.74) is 2.06. The summed E-state index contributed by atoms with van der Waals surface area (Å²) >= 11 is 0. The third-order valence-corrected chi connectivity index (χ3v) is 1.63. The lowest BCUT2D eigenvalue weighted by atomic mass is 10.3. The van der Waals surface area contributed by atoms with Crippen LogP contribution < -0.4 is 5.48 Å². The number of rotatable bonds is 11. The number of aliphatic hydroxyl groups is 1. The van der Waals surface area contributed by atoms with Gasteiger partial charge >= 0.3 is 6.11 Å². The molecule has 0 spiro atoms. The van der Waals surface area contributed by atoms with Gasteiger partial charge in [0.2, 0.25) is 0 Å². The largest absolute Gasteiger partial charge is 0.396 e. The average Bonchev–Trinajstić information content (AvgIpc) is 2.23. The highest BCUT2D eigenvalue weighted by Crippen LogP contribution is 2.14. The van der Waals surface area contributed by atoms with Gasteiger partial charge in [-0.2, -0.15) is 14.3 Å². The van der Waals surface area contributed by atoms with Crippen molar-refractivity contribution in [3.8, 4) is 0 Å². The van der Waals surface area contributed by atoms with Crippen molar-refractivity contribution in [3.05, 3.63) is 0 Å². The Morgan fingerprint density at radius 3 is 2.50 bits per heavy atom. The number of hydrogen-bond acceptors (Lipinski definition) is 4. The van der Waals surface area contributed by atoms with Gasteiger partial charge in [-0.05, 0) is 19.3 Å². The molecule has 0 aromatic carbocycles. The molecule has 0 amide bonds. The molecule has 0 bridgehead atoms. The number of halogens is 3. The molecule has 2 N–H and O–H groups in total. The Kier molecular flexibility index (Phi) is 9.60. The molecule has 0 aromatic heterocycles. The molecule has 98 valence electrons. The molecule has 0 aliphatic rings. The predicted octanol–water partition coefficient (Wildman–Crippen LogP) is 1.25. The summed E-state index contributed by atoms with van der Waals surface area (Å²) in [4.78, 5) is 4.68. The molecule has 0 aliphatic carbocycles. The summed E-state index contributed by atoms with van der Waals surface area (Å²) < 4.78 is 41.3. The summed E-state index contributed by atoms with van der Waals surface area (Å²) in [5, 5.41) is 8.43. The number of aliphatic hydroxyl groups excluding tert-OH is 1. The van der Waals surface area contributed by atoms with Gasteiger partial charge in [0.05, 0.1) is 19.9 Å². The summed E-state index contributed by atoms with van der Waals surface area (Å²) in [6.45, 7) is -1.50. The van der Waals surface area contributed by atoms with Gasteiger partial charge in [0, 0.05) is 6.61 Å². The van der Waals surface area contributed by atoms with Crippen LogP contribution in [0.25, 0.3) is 0 Å². The Balaban J connectivity index is 3.35. The smallest absolute Gasteiger partial charge is 0.370 e. The van der Waals surface area contributed by atoms with Crippen LogP contribution in [-0.2, 0) is 9.57 Å². The van der Waals surface area contributed by atoms with Crippen molar-refractivity contribution in [2.24, 2.45) is 0 Å². The van der Waals surface area contributed by atoms with Gasteiger partial charge in [-0.15, -0.1) is 0 Å². The molecule has 0 radical (unpaired) electrons. The Bertz CT molecular complexity index is 161. The third kappa shape index (κ3) is 10.2. The highest BCUT2D eigenvalue weighted by atomic mass is 19.3. The first kappa shape index (κ1) is 15.6. The molecule has 0 atom stereocenters. The van der Waals surface area contributed by atoms with Crippen molar-refractivity contribution >= 4 is 0 Å². The maximum atomic E-state index is 12.8. The van der Waals surface area contributed by atoms with Gasteiger partial charge in [0.15, 0.2) is 0 Å². The fourth-order valence-electron chi connectivity index (χ4n) is 0.820. The second kappa shape index (κ2) is 9.83. The van der Waals surface area contributed by atoms with E-state index in [0.29, 0.717) is 12.8 Å². The Labute approximate surface area is 92.7 Å². The molecule has 7 heteroatoms. The van der Waals surface area contributed by atoms with E-state index in [1.165, 1.54) is 0 Å². The van der Waals surface area contributed by atoms with Crippen LogP contribution in [0.15, 0.2) is 0 Å². The van der Waals surface area contributed by atoms with E-state index in [0.717, 1.165) is 0 Å². The molecule has 0 aromatic rings. The van der Waals surface area contributed by atoms with Gasteiger partial charge in [0.25, 0.3) is 0 Å². The van der Waals surface area contributed by atoms with Crippen LogP contribution in [0.4, 0.5) is 13.2 Å². The minimum Gasteiger partial charge on any atom is -0.396 e. The summed E-state index contributed by atoms with van der Waals surface area (Å²) in [6, 6.07) is 0. The number of hydroxylamine groups is 1. The van der Waals surface area contributed by atoms with Gasteiger partial charge in [-0.3, -0.25) is 4.39 Å². The van der Waals surface area contributed by atoms with E-state index in [1.54, 1.807) is 0 Å². The molecule has 0 saturated carbocycles. The van der Waals surface area contributed by atoms with Crippen LogP contribution in [0.1, 0.15) is 19.3 Å².